The number of thiazole rings is 1. The molecule has 2 heterocycles. The third kappa shape index (κ3) is 5.52. The third-order valence-corrected chi connectivity index (χ3v) is 6.98. The van der Waals surface area contributed by atoms with Gasteiger partial charge in [0.1, 0.15) is 0 Å². The highest BCUT2D eigenvalue weighted by Crippen LogP contribution is 2.41. The Balaban J connectivity index is 1.66. The van der Waals surface area contributed by atoms with Gasteiger partial charge in [-0.3, -0.25) is 0 Å². The normalized spacial score (nSPS) is 11.7. The zero-order chi connectivity index (χ0) is 26.0. The van der Waals surface area contributed by atoms with Crippen molar-refractivity contribution in [2.24, 2.45) is 0 Å². The molecular formula is C26H27ClF3N5S. The number of alkyl halides is 4. The van der Waals surface area contributed by atoms with Crippen LogP contribution in [0.2, 0.25) is 0 Å². The van der Waals surface area contributed by atoms with Gasteiger partial charge < -0.3 is 14.8 Å². The monoisotopic (exact) mass is 533 g/mol. The number of hydrogen-bond acceptors (Lipinski definition) is 5. The Morgan fingerprint density at radius 3 is 2.50 bits per heavy atom. The zero-order valence-corrected chi connectivity index (χ0v) is 22.0. The second-order valence-corrected chi connectivity index (χ2v) is 10.0. The van der Waals surface area contributed by atoms with Gasteiger partial charge in [0.25, 0.3) is 0 Å². The summed E-state index contributed by atoms with van der Waals surface area (Å²) < 4.78 is 43.8. The molecule has 2 aromatic heterocycles. The van der Waals surface area contributed by atoms with Crippen molar-refractivity contribution in [1.82, 2.24) is 14.5 Å². The van der Waals surface area contributed by atoms with Crippen LogP contribution in [0.1, 0.15) is 28.6 Å². The summed E-state index contributed by atoms with van der Waals surface area (Å²) >= 11 is 7.24. The van der Waals surface area contributed by atoms with E-state index in [9.17, 15) is 13.2 Å². The first kappa shape index (κ1) is 26.0. The van der Waals surface area contributed by atoms with E-state index in [0.29, 0.717) is 27.3 Å². The number of nitrogens with one attached hydrogen (secondary N) is 1. The average molecular weight is 534 g/mol. The molecule has 0 bridgehead atoms. The van der Waals surface area contributed by atoms with Crippen molar-refractivity contribution in [3.8, 4) is 16.9 Å². The van der Waals surface area contributed by atoms with Crippen LogP contribution in [0.25, 0.3) is 16.9 Å². The molecule has 2 aromatic carbocycles. The van der Waals surface area contributed by atoms with Crippen molar-refractivity contribution in [2.45, 2.75) is 33.9 Å². The molecule has 0 fully saturated rings. The molecule has 0 aliphatic carbocycles. The molecule has 0 atom stereocenters. The number of imidazole rings is 1. The first-order valence-corrected chi connectivity index (χ1v) is 12.8. The Kier molecular flexibility index (Phi) is 7.61. The fraction of sp³-hybridized carbons (Fsp3) is 0.308. The van der Waals surface area contributed by atoms with Crippen LogP contribution < -0.4 is 10.2 Å². The smallest absolute Gasteiger partial charge is 0.371 e. The largest absolute Gasteiger partial charge is 0.417 e. The van der Waals surface area contributed by atoms with Gasteiger partial charge >= 0.3 is 6.18 Å². The summed E-state index contributed by atoms with van der Waals surface area (Å²) in [5.74, 6) is 0.539. The number of anilines is 3. The lowest BCUT2D eigenvalue weighted by atomic mass is 10.0. The van der Waals surface area contributed by atoms with Crippen LogP contribution in [-0.2, 0) is 6.18 Å². The lowest BCUT2D eigenvalue weighted by Gasteiger charge is -2.23. The number of hydrogen-bond donors (Lipinski definition) is 1. The maximum Gasteiger partial charge on any atom is 0.417 e. The van der Waals surface area contributed by atoms with Gasteiger partial charge in [-0.15, -0.1) is 22.9 Å². The Morgan fingerprint density at radius 2 is 1.89 bits per heavy atom. The number of halogens is 4. The maximum absolute atomic E-state index is 14.1. The Bertz CT molecular complexity index is 1360. The molecule has 1 N–H and O–H groups in total. The van der Waals surface area contributed by atoms with Gasteiger partial charge in [-0.1, -0.05) is 6.07 Å². The van der Waals surface area contributed by atoms with Crippen molar-refractivity contribution in [3.05, 3.63) is 70.6 Å². The second kappa shape index (κ2) is 10.5. The molecule has 5 nitrogen and oxygen atoms in total. The van der Waals surface area contributed by atoms with Gasteiger partial charge in [-0.05, 0) is 63.6 Å². The predicted octanol–water partition coefficient (Wildman–Crippen LogP) is 7.75. The van der Waals surface area contributed by atoms with E-state index in [2.05, 4.69) is 33.2 Å². The molecule has 190 valence electrons. The van der Waals surface area contributed by atoms with E-state index < -0.39 is 11.7 Å². The maximum atomic E-state index is 14.1. The highest BCUT2D eigenvalue weighted by Gasteiger charge is 2.35. The van der Waals surface area contributed by atoms with Crippen molar-refractivity contribution >= 4 is 39.4 Å². The van der Waals surface area contributed by atoms with Gasteiger partial charge in [-0.25, -0.2) is 9.97 Å². The van der Waals surface area contributed by atoms with Gasteiger partial charge in [0.05, 0.1) is 23.3 Å². The summed E-state index contributed by atoms with van der Waals surface area (Å²) in [7, 11) is 0. The van der Waals surface area contributed by atoms with Crippen molar-refractivity contribution in [3.63, 3.8) is 0 Å². The molecule has 0 aliphatic heterocycles. The minimum absolute atomic E-state index is 0.0524. The molecule has 0 unspecified atom stereocenters. The lowest BCUT2D eigenvalue weighted by Crippen LogP contribution is -2.24. The number of benzene rings is 2. The quantitative estimate of drug-likeness (QED) is 0.235. The van der Waals surface area contributed by atoms with Crippen LogP contribution in [0.5, 0.6) is 0 Å². The van der Waals surface area contributed by atoms with Crippen molar-refractivity contribution in [1.29, 1.82) is 0 Å². The molecule has 10 heteroatoms. The van der Waals surface area contributed by atoms with E-state index in [-0.39, 0.29) is 5.56 Å². The van der Waals surface area contributed by atoms with Gasteiger partial charge in [0.15, 0.2) is 5.13 Å². The molecule has 4 rings (SSSR count). The number of rotatable bonds is 8. The van der Waals surface area contributed by atoms with E-state index in [0.717, 1.165) is 41.8 Å². The second-order valence-electron chi connectivity index (χ2n) is 8.47. The lowest BCUT2D eigenvalue weighted by molar-refractivity contribution is -0.137. The summed E-state index contributed by atoms with van der Waals surface area (Å²) in [4.78, 5) is 11.6. The summed E-state index contributed by atoms with van der Waals surface area (Å²) in [6.45, 7) is 9.23. The minimum Gasteiger partial charge on any atom is -0.371 e. The summed E-state index contributed by atoms with van der Waals surface area (Å²) in [6, 6.07) is 10.3. The number of aromatic nitrogens is 3. The number of nitrogens with zero attached hydrogens (tertiary/aromatic N) is 4. The molecule has 0 aliphatic rings. The van der Waals surface area contributed by atoms with Crippen LogP contribution in [0, 0.1) is 20.8 Å². The van der Waals surface area contributed by atoms with E-state index in [4.69, 9.17) is 11.6 Å². The third-order valence-electron chi connectivity index (χ3n) is 5.92. The Hall–Kier alpha value is -3.04. The fourth-order valence-corrected chi connectivity index (χ4v) is 5.11. The first-order valence-electron chi connectivity index (χ1n) is 11.5. The SMILES string of the molecule is CCN(CCCl)c1ccc(Nc2nc(-c3ccc(-n4cnc(C)c4)cc3C(F)(F)F)c(C)s2)c(C)c1. The van der Waals surface area contributed by atoms with Crippen LogP contribution in [0.4, 0.5) is 29.7 Å². The van der Waals surface area contributed by atoms with Gasteiger partial charge in [-0.2, -0.15) is 13.2 Å². The summed E-state index contributed by atoms with van der Waals surface area (Å²) in [6.07, 6.45) is -1.34. The summed E-state index contributed by atoms with van der Waals surface area (Å²) in [5.41, 5.74) is 3.68. The Labute approximate surface area is 217 Å². The minimum atomic E-state index is -4.54. The summed E-state index contributed by atoms with van der Waals surface area (Å²) in [5, 5.41) is 3.82. The average Bonchev–Trinajstić information content (AvgIpc) is 3.43. The van der Waals surface area contributed by atoms with E-state index in [1.54, 1.807) is 30.7 Å². The standard InChI is InChI=1S/C26H27ClF3N5S/c1-5-34(11-10-27)19-7-9-23(16(2)12-19)32-25-33-24(18(4)36-25)21-8-6-20(13-22(21)26(28,29)30)35-14-17(3)31-15-35/h6-9,12-15H,5,10-11H2,1-4H3,(H,32,33). The van der Waals surface area contributed by atoms with Crippen molar-refractivity contribution < 1.29 is 13.2 Å². The van der Waals surface area contributed by atoms with E-state index >= 15 is 0 Å². The van der Waals surface area contributed by atoms with Crippen LogP contribution in [-0.4, -0.2) is 33.5 Å². The molecular weight excluding hydrogens is 507 g/mol. The van der Waals surface area contributed by atoms with Crippen LogP contribution >= 0.6 is 22.9 Å². The van der Waals surface area contributed by atoms with Crippen LogP contribution in [0.3, 0.4) is 0 Å². The zero-order valence-electron chi connectivity index (χ0n) is 20.4. The highest BCUT2D eigenvalue weighted by molar-refractivity contribution is 7.16. The molecule has 0 spiro atoms. The van der Waals surface area contributed by atoms with Crippen molar-refractivity contribution in [2.75, 3.05) is 29.2 Å². The topological polar surface area (TPSA) is 46.0 Å². The number of aryl methyl sites for hydroxylation is 3. The first-order chi connectivity index (χ1) is 17.1. The Morgan fingerprint density at radius 1 is 1.11 bits per heavy atom. The molecule has 0 radical (unpaired) electrons. The highest BCUT2D eigenvalue weighted by atomic mass is 35.5. The predicted molar refractivity (Wildman–Crippen MR) is 142 cm³/mol. The molecule has 0 saturated carbocycles. The molecule has 0 amide bonds. The molecule has 36 heavy (non-hydrogen) atoms. The fourth-order valence-electron chi connectivity index (χ4n) is 4.07. The van der Waals surface area contributed by atoms with E-state index in [1.807, 2.05) is 19.1 Å². The van der Waals surface area contributed by atoms with E-state index in [1.165, 1.54) is 23.7 Å². The molecule has 4 aromatic rings. The van der Waals surface area contributed by atoms with Gasteiger partial charge in [0.2, 0.25) is 0 Å². The van der Waals surface area contributed by atoms with Gasteiger partial charge in [0, 0.05) is 52.7 Å². The molecule has 0 saturated heterocycles. The van der Waals surface area contributed by atoms with Crippen LogP contribution in [0.15, 0.2) is 48.9 Å².